The minimum Gasteiger partial charge on any atom is -0.400 e. The van der Waals surface area contributed by atoms with Crippen LogP contribution in [-0.2, 0) is 0 Å². The molecule has 18 heavy (non-hydrogen) atoms. The molecule has 1 saturated carbocycles. The van der Waals surface area contributed by atoms with Crippen LogP contribution in [-0.4, -0.2) is 35.5 Å². The molecule has 4 nitrogen and oxygen atoms in total. The van der Waals surface area contributed by atoms with Crippen molar-refractivity contribution in [1.29, 1.82) is 0 Å². The first-order valence-electron chi connectivity index (χ1n) is 6.17. The zero-order valence-electron chi connectivity index (χ0n) is 10.4. The fourth-order valence-electron chi connectivity index (χ4n) is 2.16. The number of imide groups is 1. The summed E-state index contributed by atoms with van der Waals surface area (Å²) in [5.74, 6) is 0.492. The lowest BCUT2D eigenvalue weighted by Crippen LogP contribution is -2.30. The Bertz CT molecular complexity index is 431. The number of carbonyl (C=O) groups excluding carboxylic acids is 2. The summed E-state index contributed by atoms with van der Waals surface area (Å²) < 4.78 is 0. The third-order valence-corrected chi connectivity index (χ3v) is 3.34. The molecule has 1 heterocycles. The molecule has 2 aliphatic rings. The van der Waals surface area contributed by atoms with E-state index < -0.39 is 0 Å². The van der Waals surface area contributed by atoms with E-state index in [1.165, 1.54) is 17.7 Å². The van der Waals surface area contributed by atoms with Crippen LogP contribution in [0.3, 0.4) is 0 Å². The van der Waals surface area contributed by atoms with Crippen LogP contribution in [0.5, 0.6) is 0 Å². The number of amides is 2. The lowest BCUT2D eigenvalue weighted by molar-refractivity contribution is 0.0650. The summed E-state index contributed by atoms with van der Waals surface area (Å²) in [5.41, 5.74) is 1.12. The molecule has 0 bridgehead atoms. The van der Waals surface area contributed by atoms with Crippen LogP contribution in [0.1, 0.15) is 40.0 Å². The Kier molecular flexibility index (Phi) is 3.77. The highest BCUT2D eigenvalue weighted by Crippen LogP contribution is 2.33. The Hall–Kier alpha value is -1.68. The maximum Gasteiger partial charge on any atom is 0.261 e. The molecule has 1 aliphatic carbocycles. The Morgan fingerprint density at radius 1 is 1.11 bits per heavy atom. The fourth-order valence-corrected chi connectivity index (χ4v) is 2.16. The molecule has 1 aromatic rings. The van der Waals surface area contributed by atoms with E-state index in [-0.39, 0.29) is 11.8 Å². The molecule has 4 heteroatoms. The zero-order valence-corrected chi connectivity index (χ0v) is 10.4. The molecule has 3 rings (SSSR count). The summed E-state index contributed by atoms with van der Waals surface area (Å²) in [6.07, 6.45) is 3.47. The van der Waals surface area contributed by atoms with Crippen molar-refractivity contribution in [2.45, 2.75) is 19.3 Å². The SMILES string of the molecule is CO.O=C1c2ccccc2C(=O)N1CCC1CC1. The van der Waals surface area contributed by atoms with Crippen molar-refractivity contribution in [2.75, 3.05) is 13.7 Å². The highest BCUT2D eigenvalue weighted by molar-refractivity contribution is 6.21. The van der Waals surface area contributed by atoms with E-state index in [2.05, 4.69) is 0 Å². The number of fused-ring (bicyclic) bond motifs is 1. The Morgan fingerprint density at radius 3 is 2.06 bits per heavy atom. The number of hydrogen-bond donors (Lipinski definition) is 1. The molecule has 0 saturated heterocycles. The summed E-state index contributed by atoms with van der Waals surface area (Å²) in [7, 11) is 1.00. The van der Waals surface area contributed by atoms with Gasteiger partial charge in [-0.15, -0.1) is 0 Å². The van der Waals surface area contributed by atoms with Gasteiger partial charge in [-0.2, -0.15) is 0 Å². The van der Waals surface area contributed by atoms with Crippen LogP contribution in [0.4, 0.5) is 0 Å². The Morgan fingerprint density at radius 2 is 1.61 bits per heavy atom. The average Bonchev–Trinajstić information content (AvgIpc) is 3.21. The lowest BCUT2D eigenvalue weighted by atomic mass is 10.1. The molecule has 0 spiro atoms. The van der Waals surface area contributed by atoms with Crippen LogP contribution in [0, 0.1) is 5.92 Å². The summed E-state index contributed by atoms with van der Waals surface area (Å²) >= 11 is 0. The predicted octanol–water partition coefficient (Wildman–Crippen LogP) is 1.69. The van der Waals surface area contributed by atoms with Crippen LogP contribution in [0.2, 0.25) is 0 Å². The summed E-state index contributed by atoms with van der Waals surface area (Å²) in [5, 5.41) is 7.00. The van der Waals surface area contributed by atoms with Gasteiger partial charge in [0, 0.05) is 13.7 Å². The van der Waals surface area contributed by atoms with Crippen molar-refractivity contribution in [2.24, 2.45) is 5.92 Å². The van der Waals surface area contributed by atoms with Gasteiger partial charge in [-0.05, 0) is 24.5 Å². The number of rotatable bonds is 3. The second-order valence-corrected chi connectivity index (χ2v) is 4.54. The van der Waals surface area contributed by atoms with Crippen molar-refractivity contribution in [3.63, 3.8) is 0 Å². The van der Waals surface area contributed by atoms with Crippen molar-refractivity contribution in [1.82, 2.24) is 4.90 Å². The number of hydrogen-bond acceptors (Lipinski definition) is 3. The topological polar surface area (TPSA) is 57.6 Å². The van der Waals surface area contributed by atoms with Crippen molar-refractivity contribution >= 4 is 11.8 Å². The van der Waals surface area contributed by atoms with Gasteiger partial charge in [0.1, 0.15) is 0 Å². The van der Waals surface area contributed by atoms with E-state index >= 15 is 0 Å². The van der Waals surface area contributed by atoms with Gasteiger partial charge in [-0.1, -0.05) is 25.0 Å². The van der Waals surface area contributed by atoms with Crippen molar-refractivity contribution < 1.29 is 14.7 Å². The second kappa shape index (κ2) is 5.31. The van der Waals surface area contributed by atoms with Gasteiger partial charge in [-0.3, -0.25) is 14.5 Å². The molecule has 0 atom stereocenters. The van der Waals surface area contributed by atoms with E-state index in [9.17, 15) is 9.59 Å². The third kappa shape index (κ3) is 2.29. The predicted molar refractivity (Wildman–Crippen MR) is 67.3 cm³/mol. The smallest absolute Gasteiger partial charge is 0.261 e. The molecule has 0 aromatic heterocycles. The normalized spacial score (nSPS) is 17.3. The van der Waals surface area contributed by atoms with Gasteiger partial charge in [0.25, 0.3) is 11.8 Å². The van der Waals surface area contributed by atoms with E-state index in [4.69, 9.17) is 5.11 Å². The molecule has 2 amide bonds. The summed E-state index contributed by atoms with van der Waals surface area (Å²) in [6.45, 7) is 0.580. The molecular formula is C14H17NO3. The van der Waals surface area contributed by atoms with Crippen LogP contribution < -0.4 is 0 Å². The maximum absolute atomic E-state index is 11.9. The summed E-state index contributed by atoms with van der Waals surface area (Å²) in [6, 6.07) is 7.06. The highest BCUT2D eigenvalue weighted by atomic mass is 16.2. The first kappa shape index (κ1) is 12.8. The maximum atomic E-state index is 11.9. The molecule has 96 valence electrons. The van der Waals surface area contributed by atoms with Crippen molar-refractivity contribution in [3.8, 4) is 0 Å². The number of carbonyl (C=O) groups is 2. The molecule has 0 unspecified atom stereocenters. The van der Waals surface area contributed by atoms with Gasteiger partial charge in [0.05, 0.1) is 11.1 Å². The standard InChI is InChI=1S/C13H13NO2.CH4O/c15-12-10-3-1-2-4-11(10)13(16)14(12)8-7-9-5-6-9;1-2/h1-4,9H,5-8H2;2H,1H3. The third-order valence-electron chi connectivity index (χ3n) is 3.34. The molecule has 0 radical (unpaired) electrons. The number of aliphatic hydroxyl groups is 1. The van der Waals surface area contributed by atoms with Crippen LogP contribution in [0.25, 0.3) is 0 Å². The van der Waals surface area contributed by atoms with Crippen LogP contribution >= 0.6 is 0 Å². The van der Waals surface area contributed by atoms with Crippen molar-refractivity contribution in [3.05, 3.63) is 35.4 Å². The van der Waals surface area contributed by atoms with Gasteiger partial charge in [-0.25, -0.2) is 0 Å². The zero-order chi connectivity index (χ0) is 13.1. The second-order valence-electron chi connectivity index (χ2n) is 4.54. The van der Waals surface area contributed by atoms with Gasteiger partial charge in [0.15, 0.2) is 0 Å². The first-order chi connectivity index (χ1) is 8.77. The Labute approximate surface area is 106 Å². The molecular weight excluding hydrogens is 230 g/mol. The highest BCUT2D eigenvalue weighted by Gasteiger charge is 2.35. The Balaban J connectivity index is 0.000000574. The number of benzene rings is 1. The summed E-state index contributed by atoms with van der Waals surface area (Å²) in [4.78, 5) is 25.3. The van der Waals surface area contributed by atoms with Gasteiger partial charge in [0.2, 0.25) is 0 Å². The largest absolute Gasteiger partial charge is 0.400 e. The van der Waals surface area contributed by atoms with E-state index in [1.54, 1.807) is 24.3 Å². The minimum atomic E-state index is -0.124. The van der Waals surface area contributed by atoms with E-state index in [0.717, 1.165) is 19.4 Å². The fraction of sp³-hybridized carbons (Fsp3) is 0.429. The molecule has 1 fully saturated rings. The monoisotopic (exact) mass is 247 g/mol. The quantitative estimate of drug-likeness (QED) is 0.827. The number of nitrogens with zero attached hydrogens (tertiary/aromatic N) is 1. The first-order valence-corrected chi connectivity index (χ1v) is 6.17. The molecule has 1 aliphatic heterocycles. The van der Waals surface area contributed by atoms with Gasteiger partial charge >= 0.3 is 0 Å². The van der Waals surface area contributed by atoms with E-state index in [1.807, 2.05) is 0 Å². The lowest BCUT2D eigenvalue weighted by Gasteiger charge is -2.12. The molecule has 1 N–H and O–H groups in total. The van der Waals surface area contributed by atoms with Crippen LogP contribution in [0.15, 0.2) is 24.3 Å². The minimum absolute atomic E-state index is 0.124. The average molecular weight is 247 g/mol. The van der Waals surface area contributed by atoms with Gasteiger partial charge < -0.3 is 5.11 Å². The van der Waals surface area contributed by atoms with E-state index in [0.29, 0.717) is 17.7 Å². The number of aliphatic hydroxyl groups excluding tert-OH is 1. The molecule has 1 aromatic carbocycles.